The van der Waals surface area contributed by atoms with Crippen molar-refractivity contribution in [2.75, 3.05) is 24.0 Å². The molecule has 0 unspecified atom stereocenters. The quantitative estimate of drug-likeness (QED) is 0.474. The molecule has 0 saturated carbocycles. The lowest BCUT2D eigenvalue weighted by molar-refractivity contribution is -0.127. The van der Waals surface area contributed by atoms with Crippen LogP contribution < -0.4 is 19.1 Å². The van der Waals surface area contributed by atoms with Crippen molar-refractivity contribution in [1.29, 1.82) is 0 Å². The molecule has 1 heterocycles. The molecule has 1 atom stereocenters. The molecular formula is C26H28N2O5S. The fourth-order valence-electron chi connectivity index (χ4n) is 3.74. The van der Waals surface area contributed by atoms with Crippen LogP contribution in [0.4, 0.5) is 5.69 Å². The van der Waals surface area contributed by atoms with Crippen molar-refractivity contribution in [3.8, 4) is 11.5 Å². The first-order valence-corrected chi connectivity index (χ1v) is 12.9. The van der Waals surface area contributed by atoms with Crippen LogP contribution in [0.2, 0.25) is 0 Å². The minimum absolute atomic E-state index is 0.0999. The smallest absolute Gasteiger partial charge is 0.263 e. The van der Waals surface area contributed by atoms with Crippen LogP contribution in [-0.4, -0.2) is 40.1 Å². The third kappa shape index (κ3) is 5.69. The van der Waals surface area contributed by atoms with Crippen LogP contribution in [0.5, 0.6) is 11.5 Å². The predicted molar refractivity (Wildman–Crippen MR) is 132 cm³/mol. The number of aryl methyl sites for hydroxylation is 1. The fraction of sp³-hybridized carbons (Fsp3) is 0.269. The van der Waals surface area contributed by atoms with Crippen LogP contribution >= 0.6 is 0 Å². The molecule has 0 aromatic heterocycles. The molecule has 0 fully saturated rings. The molecule has 0 saturated heterocycles. The van der Waals surface area contributed by atoms with Gasteiger partial charge in [0, 0.05) is 0 Å². The van der Waals surface area contributed by atoms with Crippen LogP contribution in [0.3, 0.4) is 0 Å². The molecule has 4 rings (SSSR count). The normalized spacial score (nSPS) is 15.2. The van der Waals surface area contributed by atoms with Crippen LogP contribution in [0.25, 0.3) is 0 Å². The molecule has 3 aromatic carbocycles. The highest BCUT2D eigenvalue weighted by Crippen LogP contribution is 2.35. The summed E-state index contributed by atoms with van der Waals surface area (Å²) in [7, 11) is -3.73. The number of sulfonamides is 1. The van der Waals surface area contributed by atoms with E-state index in [2.05, 4.69) is 12.2 Å². The Balaban J connectivity index is 1.40. The van der Waals surface area contributed by atoms with E-state index in [-0.39, 0.29) is 31.4 Å². The monoisotopic (exact) mass is 480 g/mol. The molecule has 0 radical (unpaired) electrons. The summed E-state index contributed by atoms with van der Waals surface area (Å²) in [6.45, 7) is 2.55. The number of carbonyl (C=O) groups excluding carboxylic acids is 1. The largest absolute Gasteiger partial charge is 0.492 e. The number of nitrogens with zero attached hydrogens (tertiary/aromatic N) is 1. The van der Waals surface area contributed by atoms with Crippen molar-refractivity contribution in [3.05, 3.63) is 90.0 Å². The topological polar surface area (TPSA) is 84.9 Å². The standard InChI is InChI=1S/C26H28N2O5S/c1-2-20-12-14-22(15-13-20)32-17-16-27-26(29)25-18-28(23-10-6-7-11-24(23)33-25)34(30,31)19-21-8-4-3-5-9-21/h3-15,25H,2,16-19H2,1H3,(H,27,29)/t25-/m0/s1. The lowest BCUT2D eigenvalue weighted by Crippen LogP contribution is -2.51. The van der Waals surface area contributed by atoms with E-state index in [0.29, 0.717) is 17.0 Å². The van der Waals surface area contributed by atoms with Gasteiger partial charge in [0.25, 0.3) is 5.91 Å². The minimum atomic E-state index is -3.73. The average molecular weight is 481 g/mol. The molecule has 7 nitrogen and oxygen atoms in total. The second-order valence-corrected chi connectivity index (χ2v) is 9.88. The van der Waals surface area contributed by atoms with Gasteiger partial charge in [-0.05, 0) is 41.8 Å². The van der Waals surface area contributed by atoms with E-state index in [1.807, 2.05) is 30.3 Å². The highest BCUT2D eigenvalue weighted by atomic mass is 32.2. The van der Waals surface area contributed by atoms with Crippen molar-refractivity contribution in [1.82, 2.24) is 5.32 Å². The fourth-order valence-corrected chi connectivity index (χ4v) is 5.33. The summed E-state index contributed by atoms with van der Waals surface area (Å²) in [6, 6.07) is 23.6. The number of rotatable bonds is 9. The maximum absolute atomic E-state index is 13.3. The molecule has 3 aromatic rings. The van der Waals surface area contributed by atoms with Gasteiger partial charge in [-0.3, -0.25) is 9.10 Å². The lowest BCUT2D eigenvalue weighted by atomic mass is 10.2. The molecule has 1 amide bonds. The number of para-hydroxylation sites is 2. The van der Waals surface area contributed by atoms with Gasteiger partial charge in [-0.2, -0.15) is 0 Å². The van der Waals surface area contributed by atoms with Crippen molar-refractivity contribution in [2.45, 2.75) is 25.2 Å². The van der Waals surface area contributed by atoms with Gasteiger partial charge < -0.3 is 14.8 Å². The van der Waals surface area contributed by atoms with Crippen LogP contribution in [0, 0.1) is 0 Å². The van der Waals surface area contributed by atoms with Crippen LogP contribution in [0.1, 0.15) is 18.1 Å². The van der Waals surface area contributed by atoms with Crippen molar-refractivity contribution in [2.24, 2.45) is 0 Å². The number of hydrogen-bond acceptors (Lipinski definition) is 5. The molecule has 1 aliphatic heterocycles. The molecule has 0 bridgehead atoms. The number of amides is 1. The zero-order valence-corrected chi connectivity index (χ0v) is 19.8. The minimum Gasteiger partial charge on any atom is -0.492 e. The maximum atomic E-state index is 13.3. The summed E-state index contributed by atoms with van der Waals surface area (Å²) in [5.74, 6) is 0.533. The molecule has 0 spiro atoms. The van der Waals surface area contributed by atoms with E-state index in [1.165, 1.54) is 9.87 Å². The third-order valence-electron chi connectivity index (χ3n) is 5.56. The summed E-state index contributed by atoms with van der Waals surface area (Å²) >= 11 is 0. The number of nitrogens with one attached hydrogen (secondary N) is 1. The zero-order chi connectivity index (χ0) is 24.0. The third-order valence-corrected chi connectivity index (χ3v) is 7.27. The summed E-state index contributed by atoms with van der Waals surface area (Å²) in [5.41, 5.74) is 2.33. The Labute approximate surface area is 200 Å². The predicted octanol–water partition coefficient (Wildman–Crippen LogP) is 3.54. The van der Waals surface area contributed by atoms with Gasteiger partial charge >= 0.3 is 0 Å². The Bertz CT molecular complexity index is 1210. The van der Waals surface area contributed by atoms with E-state index in [9.17, 15) is 13.2 Å². The average Bonchev–Trinajstić information content (AvgIpc) is 2.86. The summed E-state index contributed by atoms with van der Waals surface area (Å²) in [5, 5.41) is 2.79. The summed E-state index contributed by atoms with van der Waals surface area (Å²) in [4.78, 5) is 12.8. The molecule has 1 N–H and O–H groups in total. The number of ether oxygens (including phenoxy) is 2. The van der Waals surface area contributed by atoms with Gasteiger partial charge in [-0.25, -0.2) is 8.42 Å². The van der Waals surface area contributed by atoms with Crippen LogP contribution in [0.15, 0.2) is 78.9 Å². The Kier molecular flexibility index (Phi) is 7.37. The van der Waals surface area contributed by atoms with Gasteiger partial charge in [0.1, 0.15) is 18.1 Å². The van der Waals surface area contributed by atoms with Gasteiger partial charge in [-0.1, -0.05) is 61.5 Å². The van der Waals surface area contributed by atoms with Crippen molar-refractivity contribution >= 4 is 21.6 Å². The molecule has 1 aliphatic rings. The molecule has 34 heavy (non-hydrogen) atoms. The summed E-state index contributed by atoms with van der Waals surface area (Å²) in [6.07, 6.45) is -0.0110. The number of anilines is 1. The second kappa shape index (κ2) is 10.6. The number of carbonyl (C=O) groups is 1. The second-order valence-electron chi connectivity index (χ2n) is 7.98. The molecule has 0 aliphatic carbocycles. The van der Waals surface area contributed by atoms with Gasteiger partial charge in [0.15, 0.2) is 6.10 Å². The first-order chi connectivity index (χ1) is 16.5. The van der Waals surface area contributed by atoms with Crippen molar-refractivity contribution < 1.29 is 22.7 Å². The lowest BCUT2D eigenvalue weighted by Gasteiger charge is -2.34. The van der Waals surface area contributed by atoms with Crippen molar-refractivity contribution in [3.63, 3.8) is 0 Å². The van der Waals surface area contributed by atoms with Gasteiger partial charge in [0.2, 0.25) is 10.0 Å². The van der Waals surface area contributed by atoms with Gasteiger partial charge in [0.05, 0.1) is 24.5 Å². The first-order valence-electron chi connectivity index (χ1n) is 11.3. The summed E-state index contributed by atoms with van der Waals surface area (Å²) < 4.78 is 39.3. The Morgan fingerprint density at radius 3 is 2.44 bits per heavy atom. The van der Waals surface area contributed by atoms with Crippen LogP contribution in [-0.2, 0) is 27.0 Å². The highest BCUT2D eigenvalue weighted by Gasteiger charge is 2.36. The zero-order valence-electron chi connectivity index (χ0n) is 19.0. The molecule has 178 valence electrons. The van der Waals surface area contributed by atoms with E-state index in [4.69, 9.17) is 9.47 Å². The Hall–Kier alpha value is -3.52. The first kappa shape index (κ1) is 23.6. The Morgan fingerprint density at radius 2 is 1.71 bits per heavy atom. The number of benzene rings is 3. The highest BCUT2D eigenvalue weighted by molar-refractivity contribution is 7.92. The SMILES string of the molecule is CCc1ccc(OCCNC(=O)[C@@H]2CN(S(=O)(=O)Cc3ccccc3)c3ccccc3O2)cc1. The van der Waals surface area contributed by atoms with E-state index in [1.54, 1.807) is 48.5 Å². The molecule has 8 heteroatoms. The van der Waals surface area contributed by atoms with Gasteiger partial charge in [-0.15, -0.1) is 0 Å². The maximum Gasteiger partial charge on any atom is 0.263 e. The van der Waals surface area contributed by atoms with E-state index >= 15 is 0 Å². The number of fused-ring (bicyclic) bond motifs is 1. The Morgan fingerprint density at radius 1 is 1.00 bits per heavy atom. The number of hydrogen-bond donors (Lipinski definition) is 1. The van der Waals surface area contributed by atoms with E-state index in [0.717, 1.165) is 12.2 Å². The van der Waals surface area contributed by atoms with E-state index < -0.39 is 16.1 Å². The molecular weight excluding hydrogens is 452 g/mol.